The van der Waals surface area contributed by atoms with E-state index in [1.54, 1.807) is 13.0 Å². The van der Waals surface area contributed by atoms with Crippen LogP contribution in [0.15, 0.2) is 54.6 Å². The number of amides is 2. The van der Waals surface area contributed by atoms with E-state index in [9.17, 15) is 14.7 Å². The lowest BCUT2D eigenvalue weighted by atomic mass is 9.97. The van der Waals surface area contributed by atoms with Gasteiger partial charge in [0.05, 0.1) is 23.8 Å². The first-order valence-electron chi connectivity index (χ1n) is 9.97. The number of benzene rings is 2. The van der Waals surface area contributed by atoms with Gasteiger partial charge < -0.3 is 25.8 Å². The monoisotopic (exact) mass is 417 g/mol. The lowest BCUT2D eigenvalue weighted by molar-refractivity contribution is -0.110. The van der Waals surface area contributed by atoms with Crippen LogP contribution in [0.25, 0.3) is 22.8 Å². The minimum Gasteiger partial charge on any atom is -0.394 e. The molecule has 0 radical (unpaired) electrons. The number of rotatable bonds is 6. The topological polar surface area (TPSA) is 114 Å². The van der Waals surface area contributed by atoms with Crippen molar-refractivity contribution in [3.63, 3.8) is 0 Å². The van der Waals surface area contributed by atoms with Crippen molar-refractivity contribution in [3.05, 3.63) is 77.1 Å². The first kappa shape index (κ1) is 20.6. The molecule has 2 aromatic carbocycles. The largest absolute Gasteiger partial charge is 0.394 e. The molecule has 0 saturated carbocycles. The van der Waals surface area contributed by atoms with Gasteiger partial charge in [-0.1, -0.05) is 48.5 Å². The molecule has 0 saturated heterocycles. The SMILES string of the molecule is Cc1[nH]c(C=C2C(=O)Nc3ccccc32)c(-c2ccccc2)c1C(=O)NCC(O)CO. The number of aliphatic hydroxyl groups is 2. The van der Waals surface area contributed by atoms with Crippen LogP contribution in [0.1, 0.15) is 27.3 Å². The van der Waals surface area contributed by atoms with E-state index in [0.29, 0.717) is 28.1 Å². The molecule has 0 spiro atoms. The van der Waals surface area contributed by atoms with Crippen LogP contribution in [0.2, 0.25) is 0 Å². The van der Waals surface area contributed by atoms with E-state index < -0.39 is 12.7 Å². The van der Waals surface area contributed by atoms with Crippen molar-refractivity contribution in [2.45, 2.75) is 13.0 Å². The van der Waals surface area contributed by atoms with Crippen LogP contribution < -0.4 is 10.6 Å². The first-order valence-corrected chi connectivity index (χ1v) is 9.97. The van der Waals surface area contributed by atoms with Gasteiger partial charge >= 0.3 is 0 Å². The predicted molar refractivity (Wildman–Crippen MR) is 119 cm³/mol. The molecule has 0 fully saturated rings. The van der Waals surface area contributed by atoms with Gasteiger partial charge in [0.25, 0.3) is 11.8 Å². The summed E-state index contributed by atoms with van der Waals surface area (Å²) in [4.78, 5) is 28.8. The van der Waals surface area contributed by atoms with Gasteiger partial charge in [0.15, 0.2) is 0 Å². The van der Waals surface area contributed by atoms with Crippen LogP contribution in [0.4, 0.5) is 5.69 Å². The quantitative estimate of drug-likeness (QED) is 0.397. The fourth-order valence-corrected chi connectivity index (χ4v) is 3.74. The number of hydrogen-bond acceptors (Lipinski definition) is 4. The van der Waals surface area contributed by atoms with E-state index in [1.165, 1.54) is 0 Å². The molecule has 2 heterocycles. The lowest BCUT2D eigenvalue weighted by Crippen LogP contribution is -2.34. The number of aromatic amines is 1. The van der Waals surface area contributed by atoms with Gasteiger partial charge in [-0.05, 0) is 24.6 Å². The van der Waals surface area contributed by atoms with Gasteiger partial charge in [-0.25, -0.2) is 0 Å². The van der Waals surface area contributed by atoms with Gasteiger partial charge in [-0.15, -0.1) is 0 Å². The summed E-state index contributed by atoms with van der Waals surface area (Å²) in [7, 11) is 0. The number of hydrogen-bond donors (Lipinski definition) is 5. The molecule has 1 aliphatic heterocycles. The van der Waals surface area contributed by atoms with Crippen molar-refractivity contribution in [2.24, 2.45) is 0 Å². The molecule has 158 valence electrons. The van der Waals surface area contributed by atoms with E-state index in [0.717, 1.165) is 16.8 Å². The molecule has 1 atom stereocenters. The molecule has 1 aromatic heterocycles. The Balaban J connectivity index is 1.83. The second kappa shape index (κ2) is 8.59. The molecule has 1 unspecified atom stereocenters. The Bertz CT molecular complexity index is 1160. The number of para-hydroxylation sites is 1. The van der Waals surface area contributed by atoms with E-state index in [4.69, 9.17) is 5.11 Å². The number of carbonyl (C=O) groups excluding carboxylic acids is 2. The third-order valence-electron chi connectivity index (χ3n) is 5.21. The minimum absolute atomic E-state index is 0.0691. The highest BCUT2D eigenvalue weighted by Gasteiger charge is 2.26. The summed E-state index contributed by atoms with van der Waals surface area (Å²) in [5.74, 6) is -0.578. The van der Waals surface area contributed by atoms with Gasteiger partial charge in [0.2, 0.25) is 0 Å². The van der Waals surface area contributed by atoms with Crippen molar-refractivity contribution in [3.8, 4) is 11.1 Å². The maximum atomic E-state index is 13.0. The Morgan fingerprint density at radius 2 is 1.84 bits per heavy atom. The number of carbonyl (C=O) groups is 2. The Morgan fingerprint density at radius 3 is 2.58 bits per heavy atom. The van der Waals surface area contributed by atoms with Crippen molar-refractivity contribution in [1.29, 1.82) is 0 Å². The summed E-state index contributed by atoms with van der Waals surface area (Å²) >= 11 is 0. The first-order chi connectivity index (χ1) is 15.0. The molecule has 0 aliphatic carbocycles. The number of aliphatic hydroxyl groups excluding tert-OH is 2. The van der Waals surface area contributed by atoms with Crippen molar-refractivity contribution >= 4 is 29.2 Å². The zero-order valence-corrected chi connectivity index (χ0v) is 17.0. The Kier molecular flexibility index (Phi) is 5.70. The predicted octanol–water partition coefficient (Wildman–Crippen LogP) is 2.57. The van der Waals surface area contributed by atoms with Crippen LogP contribution in [-0.4, -0.2) is 46.3 Å². The summed E-state index contributed by atoms with van der Waals surface area (Å²) in [6.07, 6.45) is 0.721. The highest BCUT2D eigenvalue weighted by Crippen LogP contribution is 2.36. The third-order valence-corrected chi connectivity index (χ3v) is 5.21. The highest BCUT2D eigenvalue weighted by atomic mass is 16.3. The van der Waals surface area contributed by atoms with Crippen LogP contribution >= 0.6 is 0 Å². The minimum atomic E-state index is -1.04. The van der Waals surface area contributed by atoms with Crippen LogP contribution in [0.5, 0.6) is 0 Å². The number of fused-ring (bicyclic) bond motifs is 1. The Labute approximate surface area is 179 Å². The van der Waals surface area contributed by atoms with E-state index in [1.807, 2.05) is 54.6 Å². The summed E-state index contributed by atoms with van der Waals surface area (Å²) < 4.78 is 0. The number of H-pyrrole nitrogens is 1. The van der Waals surface area contributed by atoms with Crippen molar-refractivity contribution in [2.75, 3.05) is 18.5 Å². The molecule has 4 rings (SSSR count). The highest BCUT2D eigenvalue weighted by molar-refractivity contribution is 6.35. The van der Waals surface area contributed by atoms with E-state index >= 15 is 0 Å². The molecule has 5 N–H and O–H groups in total. The van der Waals surface area contributed by atoms with Gasteiger partial charge in [-0.3, -0.25) is 9.59 Å². The zero-order valence-electron chi connectivity index (χ0n) is 17.0. The van der Waals surface area contributed by atoms with Crippen molar-refractivity contribution < 1.29 is 19.8 Å². The molecule has 7 heteroatoms. The zero-order chi connectivity index (χ0) is 22.0. The number of anilines is 1. The van der Waals surface area contributed by atoms with Crippen LogP contribution in [0.3, 0.4) is 0 Å². The summed E-state index contributed by atoms with van der Waals surface area (Å²) in [5.41, 5.74) is 5.24. The lowest BCUT2D eigenvalue weighted by Gasteiger charge is -2.11. The fraction of sp³-hybridized carbons (Fsp3) is 0.167. The smallest absolute Gasteiger partial charge is 0.256 e. The van der Waals surface area contributed by atoms with Gasteiger partial charge in [-0.2, -0.15) is 0 Å². The maximum absolute atomic E-state index is 13.0. The van der Waals surface area contributed by atoms with Crippen molar-refractivity contribution in [1.82, 2.24) is 10.3 Å². The number of aromatic nitrogens is 1. The third kappa shape index (κ3) is 4.01. The van der Waals surface area contributed by atoms with Crippen LogP contribution in [-0.2, 0) is 4.79 Å². The summed E-state index contributed by atoms with van der Waals surface area (Å²) in [6, 6.07) is 16.9. The maximum Gasteiger partial charge on any atom is 0.256 e. The van der Waals surface area contributed by atoms with Gasteiger partial charge in [0.1, 0.15) is 0 Å². The number of aryl methyl sites for hydroxylation is 1. The standard InChI is InChI=1S/C24H23N3O4/c1-14-21(24(31)25-12-16(29)13-28)22(15-7-3-2-4-8-15)20(26-14)11-18-17-9-5-6-10-19(17)27-23(18)30/h2-11,16,26,28-29H,12-13H2,1H3,(H,25,31)(H,27,30). The summed E-state index contributed by atoms with van der Waals surface area (Å²) in [5, 5.41) is 24.1. The molecule has 2 amide bonds. The molecule has 31 heavy (non-hydrogen) atoms. The molecular weight excluding hydrogens is 394 g/mol. The second-order valence-corrected chi connectivity index (χ2v) is 7.38. The molecule has 7 nitrogen and oxygen atoms in total. The molecule has 3 aromatic rings. The van der Waals surface area contributed by atoms with E-state index in [2.05, 4.69) is 15.6 Å². The van der Waals surface area contributed by atoms with Gasteiger partial charge in [0, 0.05) is 34.7 Å². The fourth-order valence-electron chi connectivity index (χ4n) is 3.74. The molecular formula is C24H23N3O4. The average Bonchev–Trinajstić information content (AvgIpc) is 3.28. The second-order valence-electron chi connectivity index (χ2n) is 7.38. The van der Waals surface area contributed by atoms with Crippen LogP contribution in [0, 0.1) is 6.92 Å². The Morgan fingerprint density at radius 1 is 1.13 bits per heavy atom. The normalized spacial score (nSPS) is 14.9. The average molecular weight is 417 g/mol. The number of nitrogens with one attached hydrogen (secondary N) is 3. The van der Waals surface area contributed by atoms with E-state index in [-0.39, 0.29) is 18.4 Å². The molecule has 0 bridgehead atoms. The Hall–Kier alpha value is -3.68. The molecule has 1 aliphatic rings. The summed E-state index contributed by atoms with van der Waals surface area (Å²) in [6.45, 7) is 1.28.